The standard InChI is InChI=1S/C11H18N2O2S3/c1-12-7-10-2-3-11(17-10)18(14,15)13-6-9-4-5-16-8-9/h2-3,9,12-13H,4-8H2,1H3. The molecule has 18 heavy (non-hydrogen) atoms. The van der Waals surface area contributed by atoms with Crippen LogP contribution < -0.4 is 10.0 Å². The summed E-state index contributed by atoms with van der Waals surface area (Å²) >= 11 is 3.23. The molecule has 1 aliphatic rings. The van der Waals surface area contributed by atoms with Gasteiger partial charge in [-0.2, -0.15) is 11.8 Å². The Bertz CT molecular complexity index is 478. The zero-order chi connectivity index (χ0) is 13.0. The molecule has 1 unspecified atom stereocenters. The van der Waals surface area contributed by atoms with Crippen molar-refractivity contribution in [2.45, 2.75) is 17.2 Å². The number of hydrogen-bond acceptors (Lipinski definition) is 5. The van der Waals surface area contributed by atoms with Crippen LogP contribution in [0, 0.1) is 5.92 Å². The van der Waals surface area contributed by atoms with Gasteiger partial charge in [0.1, 0.15) is 4.21 Å². The van der Waals surface area contributed by atoms with Gasteiger partial charge in [-0.3, -0.25) is 0 Å². The van der Waals surface area contributed by atoms with Gasteiger partial charge in [-0.15, -0.1) is 11.3 Å². The molecule has 0 amide bonds. The third-order valence-corrected chi connectivity index (χ3v) is 7.07. The highest BCUT2D eigenvalue weighted by Gasteiger charge is 2.21. The predicted molar refractivity (Wildman–Crippen MR) is 77.7 cm³/mol. The van der Waals surface area contributed by atoms with E-state index in [1.165, 1.54) is 11.3 Å². The van der Waals surface area contributed by atoms with Gasteiger partial charge in [-0.1, -0.05) is 0 Å². The fourth-order valence-electron chi connectivity index (χ4n) is 1.81. The van der Waals surface area contributed by atoms with Crippen molar-refractivity contribution >= 4 is 33.1 Å². The molecular formula is C11H18N2O2S3. The van der Waals surface area contributed by atoms with Crippen LogP contribution >= 0.6 is 23.1 Å². The minimum atomic E-state index is -3.31. The van der Waals surface area contributed by atoms with E-state index in [2.05, 4.69) is 10.0 Å². The monoisotopic (exact) mass is 306 g/mol. The second-order valence-corrected chi connectivity index (χ2v) is 8.64. The number of thioether (sulfide) groups is 1. The maximum Gasteiger partial charge on any atom is 0.250 e. The van der Waals surface area contributed by atoms with E-state index in [1.807, 2.05) is 24.9 Å². The van der Waals surface area contributed by atoms with E-state index in [0.717, 1.165) is 22.8 Å². The first-order valence-corrected chi connectivity index (χ1v) is 9.38. The number of sulfonamides is 1. The molecule has 7 heteroatoms. The van der Waals surface area contributed by atoms with Gasteiger partial charge in [0.05, 0.1) is 0 Å². The van der Waals surface area contributed by atoms with Crippen LogP contribution in [-0.4, -0.2) is 33.5 Å². The molecule has 1 aliphatic heterocycles. The Labute approximate surface area is 117 Å². The zero-order valence-corrected chi connectivity index (χ0v) is 12.8. The van der Waals surface area contributed by atoms with Gasteiger partial charge in [0.15, 0.2) is 0 Å². The molecule has 1 aromatic rings. The summed E-state index contributed by atoms with van der Waals surface area (Å²) in [6.07, 6.45) is 1.11. The summed E-state index contributed by atoms with van der Waals surface area (Å²) in [7, 11) is -1.46. The lowest BCUT2D eigenvalue weighted by atomic mass is 10.1. The maximum atomic E-state index is 12.1. The Hall–Kier alpha value is -0.0800. The van der Waals surface area contributed by atoms with Crippen molar-refractivity contribution in [1.29, 1.82) is 0 Å². The third kappa shape index (κ3) is 3.71. The molecule has 1 saturated heterocycles. The van der Waals surface area contributed by atoms with Gasteiger partial charge in [-0.05, 0) is 43.0 Å². The first kappa shape index (κ1) is 14.3. The van der Waals surface area contributed by atoms with Crippen LogP contribution in [0.2, 0.25) is 0 Å². The molecule has 4 nitrogen and oxygen atoms in total. The van der Waals surface area contributed by atoms with Gasteiger partial charge in [0.2, 0.25) is 10.0 Å². The highest BCUT2D eigenvalue weighted by Crippen LogP contribution is 2.24. The van der Waals surface area contributed by atoms with Crippen LogP contribution in [0.1, 0.15) is 11.3 Å². The highest BCUT2D eigenvalue weighted by molar-refractivity contribution is 7.99. The molecule has 0 bridgehead atoms. The predicted octanol–water partition coefficient (Wildman–Crippen LogP) is 1.50. The molecule has 102 valence electrons. The van der Waals surface area contributed by atoms with Crippen LogP contribution in [0.4, 0.5) is 0 Å². The third-order valence-electron chi connectivity index (χ3n) is 2.84. The van der Waals surface area contributed by atoms with Crippen molar-refractivity contribution in [2.75, 3.05) is 25.1 Å². The van der Waals surface area contributed by atoms with Crippen molar-refractivity contribution in [3.63, 3.8) is 0 Å². The van der Waals surface area contributed by atoms with E-state index in [9.17, 15) is 8.42 Å². The van der Waals surface area contributed by atoms with Gasteiger partial charge in [-0.25, -0.2) is 13.1 Å². The SMILES string of the molecule is CNCc1ccc(S(=O)(=O)NCC2CCSC2)s1. The van der Waals surface area contributed by atoms with Gasteiger partial charge in [0, 0.05) is 18.0 Å². The molecule has 0 radical (unpaired) electrons. The van der Waals surface area contributed by atoms with E-state index < -0.39 is 10.0 Å². The quantitative estimate of drug-likeness (QED) is 0.836. The number of rotatable bonds is 6. The second kappa shape index (κ2) is 6.38. The smallest absolute Gasteiger partial charge is 0.250 e. The average Bonchev–Trinajstić information content (AvgIpc) is 2.98. The first-order chi connectivity index (χ1) is 8.62. The van der Waals surface area contributed by atoms with Crippen molar-refractivity contribution in [3.05, 3.63) is 17.0 Å². The first-order valence-electron chi connectivity index (χ1n) is 5.92. The van der Waals surface area contributed by atoms with Crippen LogP contribution in [0.3, 0.4) is 0 Å². The lowest BCUT2D eigenvalue weighted by molar-refractivity contribution is 0.547. The van der Waals surface area contributed by atoms with Crippen LogP contribution in [-0.2, 0) is 16.6 Å². The Kier molecular flexibility index (Phi) is 5.08. The van der Waals surface area contributed by atoms with Crippen molar-refractivity contribution in [2.24, 2.45) is 5.92 Å². The highest BCUT2D eigenvalue weighted by atomic mass is 32.2. The van der Waals surface area contributed by atoms with E-state index in [0.29, 0.717) is 23.2 Å². The number of hydrogen-bond donors (Lipinski definition) is 2. The molecule has 0 saturated carbocycles. The minimum Gasteiger partial charge on any atom is -0.315 e. The van der Waals surface area contributed by atoms with Gasteiger partial charge in [0.25, 0.3) is 0 Å². The van der Waals surface area contributed by atoms with Gasteiger partial charge >= 0.3 is 0 Å². The molecule has 0 aromatic carbocycles. The Balaban J connectivity index is 1.95. The summed E-state index contributed by atoms with van der Waals surface area (Å²) in [4.78, 5) is 1.04. The summed E-state index contributed by atoms with van der Waals surface area (Å²) in [6.45, 7) is 1.27. The molecule has 2 N–H and O–H groups in total. The molecule has 0 aliphatic carbocycles. The molecule has 1 atom stereocenters. The molecule has 0 spiro atoms. The van der Waals surface area contributed by atoms with E-state index >= 15 is 0 Å². The Morgan fingerprint density at radius 3 is 2.94 bits per heavy atom. The van der Waals surface area contributed by atoms with Crippen LogP contribution in [0.15, 0.2) is 16.3 Å². The fourth-order valence-corrected chi connectivity index (χ4v) is 5.63. The average molecular weight is 306 g/mol. The van der Waals surface area contributed by atoms with Crippen molar-refractivity contribution < 1.29 is 8.42 Å². The van der Waals surface area contributed by atoms with Crippen LogP contribution in [0.5, 0.6) is 0 Å². The summed E-state index contributed by atoms with van der Waals surface area (Å²) in [5.74, 6) is 2.71. The summed E-state index contributed by atoms with van der Waals surface area (Å²) in [6, 6.07) is 3.55. The summed E-state index contributed by atoms with van der Waals surface area (Å²) in [5, 5.41) is 3.02. The molecular weight excluding hydrogens is 288 g/mol. The lowest BCUT2D eigenvalue weighted by Crippen LogP contribution is -2.28. The number of thiophene rings is 1. The normalized spacial score (nSPS) is 20.4. The van der Waals surface area contributed by atoms with E-state index in [4.69, 9.17) is 0 Å². The summed E-state index contributed by atoms with van der Waals surface area (Å²) in [5.41, 5.74) is 0. The lowest BCUT2D eigenvalue weighted by Gasteiger charge is -2.09. The number of nitrogens with one attached hydrogen (secondary N) is 2. The Morgan fingerprint density at radius 1 is 1.44 bits per heavy atom. The largest absolute Gasteiger partial charge is 0.315 e. The molecule has 2 heterocycles. The zero-order valence-electron chi connectivity index (χ0n) is 10.3. The van der Waals surface area contributed by atoms with E-state index in [-0.39, 0.29) is 0 Å². The van der Waals surface area contributed by atoms with Crippen molar-refractivity contribution in [1.82, 2.24) is 10.0 Å². The van der Waals surface area contributed by atoms with Crippen molar-refractivity contribution in [3.8, 4) is 0 Å². The minimum absolute atomic E-state index is 0.415. The molecule has 1 fully saturated rings. The van der Waals surface area contributed by atoms with Gasteiger partial charge < -0.3 is 5.32 Å². The van der Waals surface area contributed by atoms with Crippen LogP contribution in [0.25, 0.3) is 0 Å². The maximum absolute atomic E-state index is 12.1. The topological polar surface area (TPSA) is 58.2 Å². The molecule has 2 rings (SSSR count). The fraction of sp³-hybridized carbons (Fsp3) is 0.636. The second-order valence-electron chi connectivity index (χ2n) is 4.33. The Morgan fingerprint density at radius 2 is 2.28 bits per heavy atom. The molecule has 1 aromatic heterocycles. The summed E-state index contributed by atoms with van der Waals surface area (Å²) < 4.78 is 27.3. The van der Waals surface area contributed by atoms with E-state index in [1.54, 1.807) is 6.07 Å².